The van der Waals surface area contributed by atoms with Crippen molar-refractivity contribution in [2.45, 2.75) is 36.0 Å². The first kappa shape index (κ1) is 25.9. The molecule has 4 aromatic rings. The molecule has 1 aliphatic heterocycles. The molecule has 6 rings (SSSR count). The monoisotopic (exact) mass is 556 g/mol. The van der Waals surface area contributed by atoms with Crippen molar-refractivity contribution in [3.63, 3.8) is 0 Å². The number of aromatic nitrogens is 2. The normalized spacial score (nSPS) is 19.5. The number of carbonyl (C=O) groups is 1. The molecule has 40 heavy (non-hydrogen) atoms. The molecule has 1 aliphatic carbocycles. The third kappa shape index (κ3) is 5.27. The summed E-state index contributed by atoms with van der Waals surface area (Å²) in [6.07, 6.45) is 4.60. The van der Waals surface area contributed by atoms with Crippen LogP contribution in [0, 0.1) is 10.6 Å². The van der Waals surface area contributed by atoms with Crippen LogP contribution in [-0.4, -0.2) is 32.4 Å². The summed E-state index contributed by atoms with van der Waals surface area (Å²) in [6.45, 7) is 0.607. The van der Waals surface area contributed by atoms with Crippen LogP contribution in [-0.2, 0) is 19.9 Å². The Morgan fingerprint density at radius 2 is 1.80 bits per heavy atom. The van der Waals surface area contributed by atoms with Crippen molar-refractivity contribution in [3.05, 3.63) is 90.4 Å². The van der Waals surface area contributed by atoms with Gasteiger partial charge in [0.05, 0.1) is 15.1 Å². The predicted molar refractivity (Wildman–Crippen MR) is 155 cm³/mol. The Kier molecular flexibility index (Phi) is 6.71. The van der Waals surface area contributed by atoms with Gasteiger partial charge in [-0.2, -0.15) is 4.98 Å². The Bertz CT molecular complexity index is 1670. The fourth-order valence-corrected chi connectivity index (χ4v) is 6.44. The smallest absolute Gasteiger partial charge is 0.235 e. The molecule has 2 aliphatic rings. The van der Waals surface area contributed by atoms with Gasteiger partial charge in [0.1, 0.15) is 11.6 Å². The molecule has 0 spiro atoms. The van der Waals surface area contributed by atoms with Gasteiger partial charge in [0.2, 0.25) is 11.9 Å². The number of amides is 1. The first-order valence-electron chi connectivity index (χ1n) is 13.2. The summed E-state index contributed by atoms with van der Waals surface area (Å²) in [6, 6.07) is 20.8. The topological polar surface area (TPSA) is 120 Å². The first-order valence-corrected chi connectivity index (χ1v) is 15.0. The molecule has 2 heterocycles. The van der Waals surface area contributed by atoms with Gasteiger partial charge in [-0.1, -0.05) is 30.3 Å². The van der Waals surface area contributed by atoms with Crippen molar-refractivity contribution in [1.82, 2.24) is 9.97 Å². The number of halogens is 1. The average molecular weight is 557 g/mol. The second-order valence-corrected chi connectivity index (χ2v) is 12.5. The van der Waals surface area contributed by atoms with Crippen molar-refractivity contribution >= 4 is 38.8 Å². The molecule has 1 aromatic heterocycles. The van der Waals surface area contributed by atoms with E-state index in [-0.39, 0.29) is 11.7 Å². The number of rotatable bonds is 4. The van der Waals surface area contributed by atoms with E-state index < -0.39 is 15.1 Å². The zero-order valence-electron chi connectivity index (χ0n) is 21.7. The van der Waals surface area contributed by atoms with Crippen molar-refractivity contribution in [1.29, 1.82) is 4.78 Å². The minimum absolute atomic E-state index is 0.0917. The molecule has 1 saturated carbocycles. The summed E-state index contributed by atoms with van der Waals surface area (Å²) in [5.41, 5.74) is 3.26. The second kappa shape index (κ2) is 10.3. The SMILES string of the molecule is N=S1(=O)CCCCNc2nc(ncc2-c2ccc(NC(=O)C3(c4ccc(F)cc4)CC3)cc2)Nc2cccc1c2. The van der Waals surface area contributed by atoms with Gasteiger partial charge in [0, 0.05) is 40.3 Å². The van der Waals surface area contributed by atoms with Crippen LogP contribution in [0.5, 0.6) is 0 Å². The van der Waals surface area contributed by atoms with E-state index in [2.05, 4.69) is 20.9 Å². The van der Waals surface area contributed by atoms with Crippen LogP contribution in [0.3, 0.4) is 0 Å². The van der Waals surface area contributed by atoms with E-state index in [9.17, 15) is 13.4 Å². The number of hydrogen-bond acceptors (Lipinski definition) is 7. The largest absolute Gasteiger partial charge is 0.369 e. The zero-order valence-corrected chi connectivity index (χ0v) is 22.6. The number of carbonyl (C=O) groups excluding carboxylic acids is 1. The Hall–Kier alpha value is -4.31. The van der Waals surface area contributed by atoms with Crippen LogP contribution < -0.4 is 16.0 Å². The first-order chi connectivity index (χ1) is 19.3. The van der Waals surface area contributed by atoms with Crippen LogP contribution in [0.2, 0.25) is 0 Å². The van der Waals surface area contributed by atoms with Crippen molar-refractivity contribution in [3.8, 4) is 11.1 Å². The van der Waals surface area contributed by atoms with E-state index in [4.69, 9.17) is 9.76 Å². The standard InChI is InChI=1S/C30H29FN6O2S/c31-22-10-8-21(9-11-22)30(14-15-30)28(38)35-23-12-6-20(7-13-23)26-19-34-29-36-24-4-3-5-25(18-24)40(32,39)17-2-1-16-33-27(26)37-29/h3-13,18-19,32H,1-2,14-17H2,(H,35,38)(H2,33,34,36,37). The molecule has 1 atom stereocenters. The number of hydrogen-bond donors (Lipinski definition) is 4. The van der Waals surface area contributed by atoms with Gasteiger partial charge in [-0.15, -0.1) is 0 Å². The molecule has 1 unspecified atom stereocenters. The molecule has 0 radical (unpaired) electrons. The molecule has 1 fully saturated rings. The lowest BCUT2D eigenvalue weighted by atomic mass is 9.95. The molecule has 4 N–H and O–H groups in total. The fourth-order valence-electron chi connectivity index (χ4n) is 4.98. The highest BCUT2D eigenvalue weighted by molar-refractivity contribution is 7.92. The molecule has 10 heteroatoms. The molecule has 1 amide bonds. The summed E-state index contributed by atoms with van der Waals surface area (Å²) in [5, 5.41) is 9.57. The number of nitrogens with one attached hydrogen (secondary N) is 4. The van der Waals surface area contributed by atoms with Crippen molar-refractivity contribution in [2.24, 2.45) is 0 Å². The third-order valence-corrected chi connectivity index (χ3v) is 9.32. The highest BCUT2D eigenvalue weighted by Crippen LogP contribution is 2.49. The lowest BCUT2D eigenvalue weighted by molar-refractivity contribution is -0.118. The van der Waals surface area contributed by atoms with E-state index >= 15 is 0 Å². The highest BCUT2D eigenvalue weighted by atomic mass is 32.2. The van der Waals surface area contributed by atoms with Gasteiger partial charge in [0.25, 0.3) is 0 Å². The van der Waals surface area contributed by atoms with Crippen LogP contribution in [0.4, 0.5) is 27.5 Å². The minimum Gasteiger partial charge on any atom is -0.369 e. The summed E-state index contributed by atoms with van der Waals surface area (Å²) >= 11 is 0. The molecule has 4 bridgehead atoms. The fraction of sp³-hybridized carbons (Fsp3) is 0.233. The maximum Gasteiger partial charge on any atom is 0.235 e. The minimum atomic E-state index is -2.88. The molecular formula is C30H29FN6O2S. The van der Waals surface area contributed by atoms with E-state index in [1.165, 1.54) is 12.1 Å². The number of fused-ring (bicyclic) bond motifs is 4. The van der Waals surface area contributed by atoms with Crippen LogP contribution in [0.15, 0.2) is 83.9 Å². The van der Waals surface area contributed by atoms with Gasteiger partial charge in [-0.25, -0.2) is 18.4 Å². The Balaban J connectivity index is 1.22. The second-order valence-electron chi connectivity index (χ2n) is 10.2. The summed E-state index contributed by atoms with van der Waals surface area (Å²) in [7, 11) is -2.88. The van der Waals surface area contributed by atoms with E-state index in [1.807, 2.05) is 30.3 Å². The van der Waals surface area contributed by atoms with Gasteiger partial charge in [-0.05, 0) is 79.3 Å². The highest BCUT2D eigenvalue weighted by Gasteiger charge is 2.51. The van der Waals surface area contributed by atoms with Crippen LogP contribution in [0.1, 0.15) is 31.2 Å². The number of nitrogens with zero attached hydrogens (tertiary/aromatic N) is 2. The van der Waals surface area contributed by atoms with Gasteiger partial charge >= 0.3 is 0 Å². The molecule has 8 nitrogen and oxygen atoms in total. The summed E-state index contributed by atoms with van der Waals surface area (Å²) < 4.78 is 34.7. The number of anilines is 4. The zero-order chi connectivity index (χ0) is 27.7. The quantitative estimate of drug-likeness (QED) is 0.234. The predicted octanol–water partition coefficient (Wildman–Crippen LogP) is 6.31. The number of benzene rings is 3. The van der Waals surface area contributed by atoms with Gasteiger partial charge in [-0.3, -0.25) is 4.79 Å². The summed E-state index contributed by atoms with van der Waals surface area (Å²) in [5.74, 6) is 0.932. The summed E-state index contributed by atoms with van der Waals surface area (Å²) in [4.78, 5) is 22.8. The van der Waals surface area contributed by atoms with Crippen LogP contribution >= 0.6 is 0 Å². The van der Waals surface area contributed by atoms with E-state index in [0.717, 1.165) is 36.0 Å². The van der Waals surface area contributed by atoms with Crippen molar-refractivity contribution < 1.29 is 13.4 Å². The van der Waals surface area contributed by atoms with Crippen LogP contribution in [0.25, 0.3) is 11.1 Å². The molecule has 0 saturated heterocycles. The Morgan fingerprint density at radius 3 is 2.55 bits per heavy atom. The maximum atomic E-state index is 13.4. The lowest BCUT2D eigenvalue weighted by Gasteiger charge is -2.16. The average Bonchev–Trinajstić information content (AvgIpc) is 3.76. The van der Waals surface area contributed by atoms with E-state index in [1.54, 1.807) is 36.5 Å². The third-order valence-electron chi connectivity index (χ3n) is 7.45. The van der Waals surface area contributed by atoms with Gasteiger partial charge in [0.15, 0.2) is 0 Å². The van der Waals surface area contributed by atoms with Crippen molar-refractivity contribution in [2.75, 3.05) is 28.2 Å². The molecular weight excluding hydrogens is 527 g/mol. The van der Waals surface area contributed by atoms with Gasteiger partial charge < -0.3 is 16.0 Å². The van der Waals surface area contributed by atoms with E-state index in [0.29, 0.717) is 46.8 Å². The maximum absolute atomic E-state index is 13.4. The Morgan fingerprint density at radius 1 is 1.02 bits per heavy atom. The lowest BCUT2D eigenvalue weighted by Crippen LogP contribution is -2.27. The molecule has 204 valence electrons. The Labute approximate surface area is 232 Å². The molecule has 3 aromatic carbocycles.